The number of likely N-dealkylation sites (N-methyl/N-ethyl adjacent to an activating group) is 1. The molecular weight excluding hydrogens is 418 g/mol. The van der Waals surface area contributed by atoms with E-state index in [-0.39, 0.29) is 29.9 Å². The zero-order valence-corrected chi connectivity index (χ0v) is 18.5. The van der Waals surface area contributed by atoms with E-state index in [0.29, 0.717) is 11.1 Å². The van der Waals surface area contributed by atoms with Crippen LogP contribution in [0, 0.1) is 0 Å². The highest BCUT2D eigenvalue weighted by Crippen LogP contribution is 2.48. The van der Waals surface area contributed by atoms with Crippen LogP contribution in [0.15, 0.2) is 23.8 Å². The highest BCUT2D eigenvalue weighted by molar-refractivity contribution is 5.94. The monoisotopic (exact) mass is 445 g/mol. The van der Waals surface area contributed by atoms with E-state index in [0.717, 1.165) is 18.5 Å². The van der Waals surface area contributed by atoms with Crippen LogP contribution in [0.1, 0.15) is 48.5 Å². The smallest absolute Gasteiger partial charge is 0.339 e. The van der Waals surface area contributed by atoms with Gasteiger partial charge in [-0.2, -0.15) is 0 Å². The Bertz CT molecular complexity index is 984. The van der Waals surface area contributed by atoms with Gasteiger partial charge in [0.25, 0.3) is 0 Å². The molecule has 0 bridgehead atoms. The summed E-state index contributed by atoms with van der Waals surface area (Å²) in [6.07, 6.45) is 0.271. The number of hydrogen-bond donors (Lipinski definition) is 1. The van der Waals surface area contributed by atoms with Gasteiger partial charge in [0.15, 0.2) is 23.7 Å². The molecule has 3 aliphatic rings. The van der Waals surface area contributed by atoms with Gasteiger partial charge in [-0.25, -0.2) is 4.79 Å². The minimum atomic E-state index is -0.854. The molecular formula is C23H27NO8. The van der Waals surface area contributed by atoms with Crippen molar-refractivity contribution in [2.75, 3.05) is 20.7 Å². The van der Waals surface area contributed by atoms with Crippen molar-refractivity contribution in [1.29, 1.82) is 0 Å². The van der Waals surface area contributed by atoms with Crippen molar-refractivity contribution in [3.8, 4) is 11.5 Å². The molecule has 1 fully saturated rings. The third-order valence-corrected chi connectivity index (χ3v) is 6.15. The van der Waals surface area contributed by atoms with Crippen molar-refractivity contribution < 1.29 is 38.4 Å². The van der Waals surface area contributed by atoms with E-state index >= 15 is 0 Å². The second-order valence-corrected chi connectivity index (χ2v) is 8.50. The van der Waals surface area contributed by atoms with E-state index in [2.05, 4.69) is 4.90 Å². The maximum Gasteiger partial charge on any atom is 0.339 e. The Morgan fingerprint density at radius 3 is 2.72 bits per heavy atom. The molecule has 0 saturated carbocycles. The highest BCUT2D eigenvalue weighted by Gasteiger charge is 2.52. The van der Waals surface area contributed by atoms with Crippen molar-refractivity contribution in [3.05, 3.63) is 34.9 Å². The van der Waals surface area contributed by atoms with E-state index in [4.69, 9.17) is 18.9 Å². The maximum absolute atomic E-state index is 12.9. The summed E-state index contributed by atoms with van der Waals surface area (Å²) < 4.78 is 22.1. The Morgan fingerprint density at radius 2 is 2.06 bits per heavy atom. The molecule has 172 valence electrons. The summed E-state index contributed by atoms with van der Waals surface area (Å²) >= 11 is 0. The Kier molecular flexibility index (Phi) is 5.96. The molecule has 1 aromatic carbocycles. The number of aliphatic hydroxyl groups is 1. The molecule has 0 amide bonds. The van der Waals surface area contributed by atoms with Crippen LogP contribution in [-0.2, 0) is 19.1 Å². The first-order valence-electron chi connectivity index (χ1n) is 10.6. The van der Waals surface area contributed by atoms with Crippen LogP contribution in [0.4, 0.5) is 0 Å². The third kappa shape index (κ3) is 3.98. The lowest BCUT2D eigenvalue weighted by atomic mass is 9.73. The van der Waals surface area contributed by atoms with Crippen molar-refractivity contribution in [1.82, 2.24) is 4.90 Å². The lowest BCUT2D eigenvalue weighted by molar-refractivity contribution is -0.151. The predicted octanol–water partition coefficient (Wildman–Crippen LogP) is 1.57. The zero-order chi connectivity index (χ0) is 23.2. The molecule has 4 unspecified atom stereocenters. The van der Waals surface area contributed by atoms with Gasteiger partial charge in [-0.1, -0.05) is 5.57 Å². The minimum absolute atomic E-state index is 0.0481. The number of ether oxygens (including phenoxy) is 4. The van der Waals surface area contributed by atoms with Gasteiger partial charge >= 0.3 is 17.9 Å². The molecule has 0 spiro atoms. The molecule has 1 N–H and O–H groups in total. The van der Waals surface area contributed by atoms with Crippen LogP contribution in [0.25, 0.3) is 0 Å². The van der Waals surface area contributed by atoms with Gasteiger partial charge in [-0.05, 0) is 44.2 Å². The second kappa shape index (κ2) is 8.55. The Hall–Kier alpha value is -2.91. The SMILES string of the molecule is COc1cc2c(cc1OC(=O)CC(C)O)C1C(OC2=O)C(OC(C)=O)C=C2CCN(C)[C@H]21. The van der Waals surface area contributed by atoms with Gasteiger partial charge in [0.05, 0.1) is 25.2 Å². The summed E-state index contributed by atoms with van der Waals surface area (Å²) in [4.78, 5) is 39.0. The molecule has 2 heterocycles. The number of benzene rings is 1. The number of esters is 3. The molecule has 4 rings (SSSR count). The number of hydrogen-bond acceptors (Lipinski definition) is 9. The molecule has 0 radical (unpaired) electrons. The number of rotatable bonds is 5. The topological polar surface area (TPSA) is 112 Å². The number of carbonyl (C=O) groups is 3. The molecule has 2 aliphatic heterocycles. The maximum atomic E-state index is 12.9. The standard InChI is InChI=1S/C23H27NO8/c1-11(25)7-19(27)31-17-9-14-15(10-16(17)29-4)23(28)32-22-18(30-12(2)26)8-13-5-6-24(3)21(13)20(14)22/h8-11,18,20-22,25H,5-7H2,1-4H3/t11?,18?,20?,21-,22?/m1/s1. The van der Waals surface area contributed by atoms with Gasteiger partial charge in [-0.15, -0.1) is 0 Å². The molecule has 0 aromatic heterocycles. The van der Waals surface area contributed by atoms with Crippen LogP contribution >= 0.6 is 0 Å². The van der Waals surface area contributed by atoms with E-state index < -0.39 is 36.2 Å². The van der Waals surface area contributed by atoms with E-state index in [1.807, 2.05) is 13.1 Å². The predicted molar refractivity (Wildman–Crippen MR) is 112 cm³/mol. The summed E-state index contributed by atoms with van der Waals surface area (Å²) in [7, 11) is 3.41. The zero-order valence-electron chi connectivity index (χ0n) is 18.5. The molecule has 1 aromatic rings. The minimum Gasteiger partial charge on any atom is -0.493 e. The number of likely N-dealkylation sites (tertiary alicyclic amines) is 1. The van der Waals surface area contributed by atoms with Crippen molar-refractivity contribution in [3.63, 3.8) is 0 Å². The first kappa shape index (κ1) is 22.3. The quantitative estimate of drug-likeness (QED) is 0.410. The Balaban J connectivity index is 1.80. The Labute approximate surface area is 185 Å². The number of carbonyl (C=O) groups excluding carboxylic acids is 3. The van der Waals surface area contributed by atoms with Crippen molar-refractivity contribution >= 4 is 17.9 Å². The number of aliphatic hydroxyl groups excluding tert-OH is 1. The summed E-state index contributed by atoms with van der Waals surface area (Å²) in [6, 6.07) is 3.09. The molecule has 9 heteroatoms. The summed E-state index contributed by atoms with van der Waals surface area (Å²) in [5, 5.41) is 9.50. The highest BCUT2D eigenvalue weighted by atomic mass is 16.6. The van der Waals surface area contributed by atoms with Gasteiger partial charge in [0.1, 0.15) is 0 Å². The lowest BCUT2D eigenvalue weighted by Gasteiger charge is -2.44. The van der Waals surface area contributed by atoms with E-state index in [1.54, 1.807) is 6.07 Å². The fraction of sp³-hybridized carbons (Fsp3) is 0.522. The van der Waals surface area contributed by atoms with Gasteiger partial charge in [-0.3, -0.25) is 14.5 Å². The normalized spacial score (nSPS) is 27.3. The molecule has 5 atom stereocenters. The van der Waals surface area contributed by atoms with Crippen molar-refractivity contribution in [2.24, 2.45) is 0 Å². The second-order valence-electron chi connectivity index (χ2n) is 8.50. The fourth-order valence-electron chi connectivity index (χ4n) is 4.89. The number of fused-ring (bicyclic) bond motifs is 5. The average molecular weight is 445 g/mol. The lowest BCUT2D eigenvalue weighted by Crippen LogP contribution is -2.51. The average Bonchev–Trinajstić information content (AvgIpc) is 3.07. The molecule has 1 aliphatic carbocycles. The Morgan fingerprint density at radius 1 is 1.31 bits per heavy atom. The molecule has 32 heavy (non-hydrogen) atoms. The largest absolute Gasteiger partial charge is 0.493 e. The van der Waals surface area contributed by atoms with Crippen LogP contribution in [0.5, 0.6) is 11.5 Å². The summed E-state index contributed by atoms with van der Waals surface area (Å²) in [5.41, 5.74) is 2.09. The molecule has 1 saturated heterocycles. The van der Waals surface area contributed by atoms with Crippen LogP contribution in [-0.4, -0.2) is 73.0 Å². The van der Waals surface area contributed by atoms with Crippen LogP contribution in [0.2, 0.25) is 0 Å². The summed E-state index contributed by atoms with van der Waals surface area (Å²) in [5.74, 6) is -1.59. The summed E-state index contributed by atoms with van der Waals surface area (Å²) in [6.45, 7) is 3.64. The first-order valence-corrected chi connectivity index (χ1v) is 10.6. The van der Waals surface area contributed by atoms with E-state index in [1.165, 1.54) is 27.0 Å². The number of nitrogens with zero attached hydrogens (tertiary/aromatic N) is 1. The van der Waals surface area contributed by atoms with Gasteiger partial charge in [0.2, 0.25) is 0 Å². The van der Waals surface area contributed by atoms with Crippen molar-refractivity contribution in [2.45, 2.75) is 57.0 Å². The van der Waals surface area contributed by atoms with Gasteiger partial charge in [0, 0.05) is 25.4 Å². The van der Waals surface area contributed by atoms with Crippen LogP contribution < -0.4 is 9.47 Å². The van der Waals surface area contributed by atoms with Crippen LogP contribution in [0.3, 0.4) is 0 Å². The van der Waals surface area contributed by atoms with E-state index in [9.17, 15) is 19.5 Å². The first-order chi connectivity index (χ1) is 15.2. The fourth-order valence-corrected chi connectivity index (χ4v) is 4.89. The van der Waals surface area contributed by atoms with Gasteiger partial charge < -0.3 is 24.1 Å². The third-order valence-electron chi connectivity index (χ3n) is 6.15. The molecule has 9 nitrogen and oxygen atoms in total. The number of methoxy groups -OCH3 is 1.